The Balaban J connectivity index is 0.00000162. The molecular weight excluding hydrogens is 254 g/mol. The maximum absolute atomic E-state index is 10.4. The Hall–Kier alpha value is -1.88. The number of hydrogen-bond donors (Lipinski definition) is 2. The average molecular weight is 267 g/mol. The van der Waals surface area contributed by atoms with E-state index in [1.807, 2.05) is 25.1 Å². The SMILES string of the molecule is Cc1ccc2ncnc(NCCC(=O)O)c2c1.[Cl-]. The third-order valence-electron chi connectivity index (χ3n) is 2.42. The van der Waals surface area contributed by atoms with Crippen molar-refractivity contribution in [1.29, 1.82) is 0 Å². The highest BCUT2D eigenvalue weighted by atomic mass is 35.5. The molecule has 0 aliphatic rings. The number of aromatic nitrogens is 2. The van der Waals surface area contributed by atoms with E-state index >= 15 is 0 Å². The number of hydrogen-bond acceptors (Lipinski definition) is 4. The van der Waals surface area contributed by atoms with Gasteiger partial charge in [0.2, 0.25) is 0 Å². The molecular formula is C12H13ClN3O2-. The molecule has 1 aromatic heterocycles. The molecule has 2 rings (SSSR count). The molecule has 2 N–H and O–H groups in total. The lowest BCUT2D eigenvalue weighted by molar-refractivity contribution is -0.136. The summed E-state index contributed by atoms with van der Waals surface area (Å²) in [5.41, 5.74) is 1.97. The summed E-state index contributed by atoms with van der Waals surface area (Å²) >= 11 is 0. The van der Waals surface area contributed by atoms with Crippen molar-refractivity contribution < 1.29 is 22.3 Å². The highest BCUT2D eigenvalue weighted by Crippen LogP contribution is 2.20. The molecule has 0 saturated carbocycles. The second-order valence-electron chi connectivity index (χ2n) is 3.81. The topological polar surface area (TPSA) is 75.1 Å². The van der Waals surface area contributed by atoms with Crippen LogP contribution < -0.4 is 17.7 Å². The zero-order valence-corrected chi connectivity index (χ0v) is 10.6. The zero-order valence-electron chi connectivity index (χ0n) is 9.85. The van der Waals surface area contributed by atoms with E-state index in [0.717, 1.165) is 16.5 Å². The van der Waals surface area contributed by atoms with E-state index in [-0.39, 0.29) is 18.8 Å². The summed E-state index contributed by atoms with van der Waals surface area (Å²) in [7, 11) is 0. The van der Waals surface area contributed by atoms with E-state index in [9.17, 15) is 4.79 Å². The molecule has 0 aliphatic carbocycles. The fraction of sp³-hybridized carbons (Fsp3) is 0.250. The predicted octanol–water partition coefficient (Wildman–Crippen LogP) is -1.17. The van der Waals surface area contributed by atoms with Gasteiger partial charge in [0.15, 0.2) is 0 Å². The molecule has 96 valence electrons. The molecule has 1 aromatic carbocycles. The molecule has 18 heavy (non-hydrogen) atoms. The maximum Gasteiger partial charge on any atom is 0.305 e. The van der Waals surface area contributed by atoms with Crippen molar-refractivity contribution in [3.8, 4) is 0 Å². The minimum absolute atomic E-state index is 0. The third kappa shape index (κ3) is 3.30. The number of carboxylic acid groups (broad SMARTS) is 1. The Morgan fingerprint density at radius 1 is 1.39 bits per heavy atom. The molecule has 0 unspecified atom stereocenters. The number of nitrogens with one attached hydrogen (secondary N) is 1. The van der Waals surface area contributed by atoms with Gasteiger partial charge >= 0.3 is 5.97 Å². The van der Waals surface area contributed by atoms with Crippen LogP contribution in [0.5, 0.6) is 0 Å². The fourth-order valence-electron chi connectivity index (χ4n) is 1.60. The van der Waals surface area contributed by atoms with Gasteiger partial charge in [0.1, 0.15) is 12.1 Å². The monoisotopic (exact) mass is 266 g/mol. The van der Waals surface area contributed by atoms with E-state index in [1.54, 1.807) is 0 Å². The molecule has 0 saturated heterocycles. The second-order valence-corrected chi connectivity index (χ2v) is 3.81. The Kier molecular flexibility index (Phi) is 4.85. The van der Waals surface area contributed by atoms with Crippen LogP contribution in [0.2, 0.25) is 0 Å². The lowest BCUT2D eigenvalue weighted by atomic mass is 10.1. The van der Waals surface area contributed by atoms with Crippen LogP contribution in [-0.4, -0.2) is 27.6 Å². The Morgan fingerprint density at radius 3 is 2.89 bits per heavy atom. The molecule has 1 heterocycles. The van der Waals surface area contributed by atoms with Crippen LogP contribution in [0.1, 0.15) is 12.0 Å². The van der Waals surface area contributed by atoms with Crippen molar-refractivity contribution in [2.24, 2.45) is 0 Å². The highest BCUT2D eigenvalue weighted by Gasteiger charge is 2.04. The number of fused-ring (bicyclic) bond motifs is 1. The number of anilines is 1. The summed E-state index contributed by atoms with van der Waals surface area (Å²) in [6, 6.07) is 5.89. The van der Waals surface area contributed by atoms with E-state index in [1.165, 1.54) is 6.33 Å². The van der Waals surface area contributed by atoms with Crippen LogP contribution >= 0.6 is 0 Å². The third-order valence-corrected chi connectivity index (χ3v) is 2.42. The number of aryl methyl sites for hydroxylation is 1. The molecule has 0 spiro atoms. The predicted molar refractivity (Wildman–Crippen MR) is 65.0 cm³/mol. The van der Waals surface area contributed by atoms with Gasteiger partial charge in [-0.25, -0.2) is 9.97 Å². The number of nitrogens with zero attached hydrogens (tertiary/aromatic N) is 2. The minimum Gasteiger partial charge on any atom is -1.00 e. The van der Waals surface area contributed by atoms with Crippen molar-refractivity contribution in [2.45, 2.75) is 13.3 Å². The van der Waals surface area contributed by atoms with Gasteiger partial charge in [0.05, 0.1) is 11.9 Å². The largest absolute Gasteiger partial charge is 1.00 e. The van der Waals surface area contributed by atoms with Crippen LogP contribution in [0.25, 0.3) is 10.9 Å². The van der Waals surface area contributed by atoms with E-state index < -0.39 is 5.97 Å². The van der Waals surface area contributed by atoms with E-state index in [0.29, 0.717) is 12.4 Å². The molecule has 0 amide bonds. The summed E-state index contributed by atoms with van der Waals surface area (Å²) in [5, 5.41) is 12.5. The molecule has 0 aliphatic heterocycles. The molecule has 5 nitrogen and oxygen atoms in total. The van der Waals surface area contributed by atoms with Crippen LogP contribution in [0.4, 0.5) is 5.82 Å². The number of rotatable bonds is 4. The van der Waals surface area contributed by atoms with Crippen LogP contribution in [0.3, 0.4) is 0 Å². The normalized spacial score (nSPS) is 9.83. The molecule has 2 aromatic rings. The van der Waals surface area contributed by atoms with Crippen molar-refractivity contribution in [3.05, 3.63) is 30.1 Å². The summed E-state index contributed by atoms with van der Waals surface area (Å²) in [4.78, 5) is 18.7. The molecule has 0 bridgehead atoms. The van der Waals surface area contributed by atoms with Gasteiger partial charge in [-0.2, -0.15) is 0 Å². The quantitative estimate of drug-likeness (QED) is 0.729. The van der Waals surface area contributed by atoms with Crippen LogP contribution in [0.15, 0.2) is 24.5 Å². The van der Waals surface area contributed by atoms with Gasteiger partial charge in [0, 0.05) is 11.9 Å². The standard InChI is InChI=1S/C12H13N3O2.ClH/c1-8-2-3-10-9(6-8)12(15-7-14-10)13-5-4-11(16)17;/h2-3,6-7H,4-5H2,1H3,(H,16,17)(H,13,14,15);1H/p-1. The first-order valence-electron chi connectivity index (χ1n) is 5.34. The van der Waals surface area contributed by atoms with E-state index in [4.69, 9.17) is 5.11 Å². The van der Waals surface area contributed by atoms with Crippen molar-refractivity contribution in [2.75, 3.05) is 11.9 Å². The van der Waals surface area contributed by atoms with Gasteiger partial charge in [-0.1, -0.05) is 11.6 Å². The number of carbonyl (C=O) groups is 1. The van der Waals surface area contributed by atoms with Crippen LogP contribution in [0, 0.1) is 6.92 Å². The number of halogens is 1. The second kappa shape index (κ2) is 6.16. The van der Waals surface area contributed by atoms with E-state index in [2.05, 4.69) is 15.3 Å². The van der Waals surface area contributed by atoms with Gasteiger partial charge in [-0.05, 0) is 19.1 Å². The Morgan fingerprint density at radius 2 is 2.17 bits per heavy atom. The first-order valence-corrected chi connectivity index (χ1v) is 5.34. The summed E-state index contributed by atoms with van der Waals surface area (Å²) < 4.78 is 0. The van der Waals surface area contributed by atoms with Gasteiger partial charge < -0.3 is 22.8 Å². The van der Waals surface area contributed by atoms with Crippen LogP contribution in [-0.2, 0) is 4.79 Å². The van der Waals surface area contributed by atoms with Gasteiger partial charge in [-0.3, -0.25) is 4.79 Å². The first-order chi connectivity index (χ1) is 8.16. The molecule has 0 atom stereocenters. The zero-order chi connectivity index (χ0) is 12.3. The van der Waals surface area contributed by atoms with Crippen molar-refractivity contribution >= 4 is 22.7 Å². The first kappa shape index (κ1) is 14.2. The average Bonchev–Trinajstić information content (AvgIpc) is 2.29. The lowest BCUT2D eigenvalue weighted by Gasteiger charge is -2.07. The van der Waals surface area contributed by atoms with Crippen molar-refractivity contribution in [1.82, 2.24) is 9.97 Å². The van der Waals surface area contributed by atoms with Gasteiger partial charge in [0.25, 0.3) is 0 Å². The van der Waals surface area contributed by atoms with Gasteiger partial charge in [-0.15, -0.1) is 0 Å². The highest BCUT2D eigenvalue weighted by molar-refractivity contribution is 5.89. The smallest absolute Gasteiger partial charge is 0.305 e. The summed E-state index contributed by atoms with van der Waals surface area (Å²) in [6.45, 7) is 2.35. The Labute approximate surface area is 111 Å². The lowest BCUT2D eigenvalue weighted by Crippen LogP contribution is -3.00. The Bertz CT molecular complexity index is 560. The number of carboxylic acids is 1. The summed E-state index contributed by atoms with van der Waals surface area (Å²) in [6.07, 6.45) is 1.54. The minimum atomic E-state index is -0.827. The number of aliphatic carboxylic acids is 1. The number of benzene rings is 1. The maximum atomic E-state index is 10.4. The fourth-order valence-corrected chi connectivity index (χ4v) is 1.60. The molecule has 0 fully saturated rings. The molecule has 6 heteroatoms. The molecule has 0 radical (unpaired) electrons. The van der Waals surface area contributed by atoms with Crippen molar-refractivity contribution in [3.63, 3.8) is 0 Å². The summed E-state index contributed by atoms with van der Waals surface area (Å²) in [5.74, 6) is -0.146.